The number of nitrogens with zero attached hydrogens (tertiary/aromatic N) is 2. The van der Waals surface area contributed by atoms with Crippen LogP contribution in [0.3, 0.4) is 0 Å². The van der Waals surface area contributed by atoms with Gasteiger partial charge in [-0.3, -0.25) is 0 Å². The molecule has 2 rings (SSSR count). The van der Waals surface area contributed by atoms with Crippen molar-refractivity contribution in [2.24, 2.45) is 0 Å². The molecule has 1 aromatic heterocycles. The Balaban J connectivity index is 1.91. The summed E-state index contributed by atoms with van der Waals surface area (Å²) in [6, 6.07) is 0.0216. The van der Waals surface area contributed by atoms with E-state index in [4.69, 9.17) is 4.74 Å². The fourth-order valence-electron chi connectivity index (χ4n) is 2.27. The van der Waals surface area contributed by atoms with Crippen molar-refractivity contribution >= 4 is 0 Å². The van der Waals surface area contributed by atoms with Crippen LogP contribution in [0.5, 0.6) is 6.01 Å². The minimum atomic E-state index is -2.73. The van der Waals surface area contributed by atoms with Crippen LogP contribution in [0.2, 0.25) is 0 Å². The Morgan fingerprint density at radius 2 is 2.08 bits per heavy atom. The highest BCUT2D eigenvalue weighted by atomic mass is 19.3. The molecule has 4 nitrogen and oxygen atoms in total. The Bertz CT molecular complexity index is 630. The van der Waals surface area contributed by atoms with Crippen molar-refractivity contribution in [1.29, 1.82) is 0 Å². The van der Waals surface area contributed by atoms with Gasteiger partial charge < -0.3 is 9.84 Å². The lowest BCUT2D eigenvalue weighted by Gasteiger charge is -2.14. The van der Waals surface area contributed by atoms with Crippen molar-refractivity contribution in [3.8, 4) is 6.01 Å². The van der Waals surface area contributed by atoms with Gasteiger partial charge in [0.05, 0.1) is 17.6 Å². The molecule has 1 heterocycles. The molecule has 0 unspecified atom stereocenters. The van der Waals surface area contributed by atoms with E-state index in [0.29, 0.717) is 18.6 Å². The summed E-state index contributed by atoms with van der Waals surface area (Å²) < 4.78 is 45.5. The van der Waals surface area contributed by atoms with Crippen LogP contribution in [0.1, 0.15) is 44.7 Å². The fourth-order valence-corrected chi connectivity index (χ4v) is 2.27. The number of hydrogen-bond donors (Lipinski definition) is 1. The van der Waals surface area contributed by atoms with E-state index in [1.807, 2.05) is 0 Å². The highest BCUT2D eigenvalue weighted by Gasteiger charge is 2.25. The van der Waals surface area contributed by atoms with Gasteiger partial charge in [0.2, 0.25) is 5.92 Å². The maximum Gasteiger partial charge on any atom is 0.317 e. The van der Waals surface area contributed by atoms with E-state index >= 15 is 0 Å². The Kier molecular flexibility index (Phi) is 6.23. The molecule has 7 heteroatoms. The van der Waals surface area contributed by atoms with Crippen LogP contribution >= 0.6 is 0 Å². The van der Waals surface area contributed by atoms with Crippen molar-refractivity contribution in [3.63, 3.8) is 0 Å². The zero-order chi connectivity index (χ0) is 17.6. The number of allylic oxidation sites excluding steroid dienone is 3. The molecule has 0 saturated carbocycles. The zero-order valence-electron chi connectivity index (χ0n) is 13.6. The van der Waals surface area contributed by atoms with Gasteiger partial charge in [-0.25, -0.2) is 18.2 Å². The lowest BCUT2D eigenvalue weighted by atomic mass is 10.1. The largest absolute Gasteiger partial charge is 0.512 e. The summed E-state index contributed by atoms with van der Waals surface area (Å²) in [6.45, 7) is 1.66. The van der Waals surface area contributed by atoms with Gasteiger partial charge in [0, 0.05) is 19.3 Å². The summed E-state index contributed by atoms with van der Waals surface area (Å²) in [6.07, 6.45) is 5.31. The lowest BCUT2D eigenvalue weighted by Crippen LogP contribution is -2.14. The molecule has 0 aliphatic heterocycles. The van der Waals surface area contributed by atoms with E-state index < -0.39 is 11.7 Å². The van der Waals surface area contributed by atoms with Crippen molar-refractivity contribution in [3.05, 3.63) is 41.2 Å². The molecule has 0 bridgehead atoms. The van der Waals surface area contributed by atoms with Gasteiger partial charge in [-0.1, -0.05) is 13.0 Å². The van der Waals surface area contributed by atoms with Crippen LogP contribution in [0.4, 0.5) is 13.2 Å². The van der Waals surface area contributed by atoms with E-state index in [-0.39, 0.29) is 44.0 Å². The second-order valence-electron chi connectivity index (χ2n) is 5.78. The minimum Gasteiger partial charge on any atom is -0.512 e. The second kappa shape index (κ2) is 8.17. The molecule has 1 aromatic rings. The molecule has 0 saturated heterocycles. The fraction of sp³-hybridized carbons (Fsp3) is 0.529. The number of rotatable bonds is 8. The third-order valence-electron chi connectivity index (χ3n) is 3.87. The first kappa shape index (κ1) is 18.3. The molecule has 0 aromatic carbocycles. The Hall–Kier alpha value is -2.05. The topological polar surface area (TPSA) is 55.2 Å². The molecule has 0 radical (unpaired) electrons. The van der Waals surface area contributed by atoms with Gasteiger partial charge in [-0.05, 0) is 30.9 Å². The molecule has 132 valence electrons. The first-order valence-corrected chi connectivity index (χ1v) is 7.99. The van der Waals surface area contributed by atoms with Crippen LogP contribution < -0.4 is 4.74 Å². The van der Waals surface area contributed by atoms with Crippen LogP contribution in [-0.4, -0.2) is 27.6 Å². The molecule has 24 heavy (non-hydrogen) atoms. The van der Waals surface area contributed by atoms with Crippen LogP contribution in [0, 0.1) is 5.82 Å². The molecule has 1 aliphatic rings. The van der Waals surface area contributed by atoms with Gasteiger partial charge in [-0.2, -0.15) is 4.98 Å². The average molecular weight is 342 g/mol. The number of aromatic nitrogens is 2. The Morgan fingerprint density at radius 3 is 2.75 bits per heavy atom. The number of aliphatic hydroxyl groups excluding tert-OH is 1. The zero-order valence-corrected chi connectivity index (χ0v) is 13.6. The third-order valence-corrected chi connectivity index (χ3v) is 3.87. The normalized spacial score (nSPS) is 15.0. The molecule has 0 fully saturated rings. The number of aryl methyl sites for hydroxylation is 1. The number of hydrogen-bond acceptors (Lipinski definition) is 4. The average Bonchev–Trinajstić information content (AvgIpc) is 2.56. The van der Waals surface area contributed by atoms with Crippen LogP contribution in [0.25, 0.3) is 0 Å². The maximum absolute atomic E-state index is 13.7. The highest BCUT2D eigenvalue weighted by Crippen LogP contribution is 2.25. The third kappa shape index (κ3) is 5.54. The van der Waals surface area contributed by atoms with Gasteiger partial charge in [0.15, 0.2) is 5.82 Å². The van der Waals surface area contributed by atoms with Crippen molar-refractivity contribution in [2.45, 2.75) is 51.4 Å². The van der Waals surface area contributed by atoms with E-state index in [0.717, 1.165) is 11.8 Å². The number of ether oxygens (including phenoxy) is 1. The molecule has 0 atom stereocenters. The second-order valence-corrected chi connectivity index (χ2v) is 5.78. The smallest absolute Gasteiger partial charge is 0.317 e. The molecule has 0 spiro atoms. The quantitative estimate of drug-likeness (QED) is 0.754. The Morgan fingerprint density at radius 1 is 1.29 bits per heavy atom. The van der Waals surface area contributed by atoms with Gasteiger partial charge in [0.25, 0.3) is 0 Å². The Labute approximate surface area is 139 Å². The summed E-state index contributed by atoms with van der Waals surface area (Å²) in [5.41, 5.74) is 1.05. The minimum absolute atomic E-state index is 0.0216. The monoisotopic (exact) mass is 342 g/mol. The number of alkyl halides is 2. The van der Waals surface area contributed by atoms with E-state index in [2.05, 4.69) is 9.97 Å². The van der Waals surface area contributed by atoms with E-state index in [9.17, 15) is 18.3 Å². The van der Waals surface area contributed by atoms with Gasteiger partial charge >= 0.3 is 6.01 Å². The summed E-state index contributed by atoms with van der Waals surface area (Å²) in [5.74, 6) is -3.02. The maximum atomic E-state index is 13.7. The first-order chi connectivity index (χ1) is 11.4. The van der Waals surface area contributed by atoms with E-state index in [1.165, 1.54) is 6.92 Å². The van der Waals surface area contributed by atoms with Crippen molar-refractivity contribution in [2.75, 3.05) is 6.61 Å². The van der Waals surface area contributed by atoms with Gasteiger partial charge in [-0.15, -0.1) is 0 Å². The number of halogens is 3. The highest BCUT2D eigenvalue weighted by molar-refractivity contribution is 5.21. The van der Waals surface area contributed by atoms with Crippen molar-refractivity contribution < 1.29 is 23.0 Å². The van der Waals surface area contributed by atoms with E-state index in [1.54, 1.807) is 12.2 Å². The molecular weight excluding hydrogens is 321 g/mol. The lowest BCUT2D eigenvalue weighted by molar-refractivity contribution is -0.0131. The molecular formula is C17H21F3N2O2. The standard InChI is InChI=1S/C17H21F3N2O2/c1-2-17(19,20)9-3-4-15-14(18)10-21-16(22-15)24-11-12-5-7-13(23)8-6-12/h5,7,10,23H,2-4,6,8-9,11H2,1H3. The first-order valence-electron chi connectivity index (χ1n) is 7.99. The van der Waals surface area contributed by atoms with Crippen molar-refractivity contribution in [1.82, 2.24) is 9.97 Å². The summed E-state index contributed by atoms with van der Waals surface area (Å²) in [5, 5.41) is 9.29. The SMILES string of the molecule is CCC(F)(F)CCCc1nc(OCC2=CC=C(O)CC2)ncc1F. The summed E-state index contributed by atoms with van der Waals surface area (Å²) >= 11 is 0. The molecule has 0 amide bonds. The molecule has 1 aliphatic carbocycles. The summed E-state index contributed by atoms with van der Waals surface area (Å²) in [7, 11) is 0. The van der Waals surface area contributed by atoms with Gasteiger partial charge in [0.1, 0.15) is 6.61 Å². The van der Waals surface area contributed by atoms with Crippen LogP contribution in [-0.2, 0) is 6.42 Å². The predicted octanol–water partition coefficient (Wildman–Crippen LogP) is 4.52. The number of aliphatic hydroxyl groups is 1. The van der Waals surface area contributed by atoms with Crippen LogP contribution in [0.15, 0.2) is 29.7 Å². The summed E-state index contributed by atoms with van der Waals surface area (Å²) in [4.78, 5) is 7.73. The predicted molar refractivity (Wildman–Crippen MR) is 83.7 cm³/mol. The molecule has 1 N–H and O–H groups in total.